The number of esters is 1. The summed E-state index contributed by atoms with van der Waals surface area (Å²) in [6.07, 6.45) is -4.90. The molecule has 1 rings (SSSR count). The van der Waals surface area contributed by atoms with E-state index in [0.717, 1.165) is 13.2 Å². The van der Waals surface area contributed by atoms with Crippen molar-refractivity contribution in [1.29, 1.82) is 0 Å². The first-order chi connectivity index (χ1) is 8.72. The second kappa shape index (κ2) is 5.55. The molecule has 0 amide bonds. The lowest BCUT2D eigenvalue weighted by atomic mass is 10.0. The van der Waals surface area contributed by atoms with E-state index in [9.17, 15) is 28.1 Å². The fourth-order valence-corrected chi connectivity index (χ4v) is 1.91. The highest BCUT2D eigenvalue weighted by atomic mass is 79.9. The van der Waals surface area contributed by atoms with Gasteiger partial charge in [-0.3, -0.25) is 10.1 Å². The van der Waals surface area contributed by atoms with Gasteiger partial charge in [0, 0.05) is 17.5 Å². The monoisotopic (exact) mass is 341 g/mol. The summed E-state index contributed by atoms with van der Waals surface area (Å²) in [6.45, 7) is 0. The highest BCUT2D eigenvalue weighted by Crippen LogP contribution is 2.37. The molecule has 19 heavy (non-hydrogen) atoms. The van der Waals surface area contributed by atoms with E-state index in [-0.39, 0.29) is 10.9 Å². The van der Waals surface area contributed by atoms with Gasteiger partial charge >= 0.3 is 12.1 Å². The van der Waals surface area contributed by atoms with E-state index in [0.29, 0.717) is 6.07 Å². The molecule has 0 radical (unpaired) electrons. The number of ether oxygens (including phenoxy) is 1. The van der Waals surface area contributed by atoms with Crippen LogP contribution in [-0.2, 0) is 16.2 Å². The van der Waals surface area contributed by atoms with Crippen LogP contribution in [0.15, 0.2) is 12.1 Å². The van der Waals surface area contributed by atoms with Crippen molar-refractivity contribution in [3.8, 4) is 0 Å². The van der Waals surface area contributed by atoms with Gasteiger partial charge in [0.25, 0.3) is 5.69 Å². The molecule has 0 aliphatic rings. The van der Waals surface area contributed by atoms with Gasteiger partial charge in [-0.2, -0.15) is 13.2 Å². The maximum absolute atomic E-state index is 12.9. The van der Waals surface area contributed by atoms with Crippen LogP contribution in [0.25, 0.3) is 0 Å². The quantitative estimate of drug-likeness (QED) is 0.366. The minimum absolute atomic E-state index is 0.151. The maximum atomic E-state index is 12.9. The molecule has 0 atom stereocenters. The zero-order valence-electron chi connectivity index (χ0n) is 9.45. The van der Waals surface area contributed by atoms with E-state index in [4.69, 9.17) is 0 Å². The number of carbonyl (C=O) groups is 1. The summed E-state index contributed by atoms with van der Waals surface area (Å²) in [5, 5.41) is 10.5. The van der Waals surface area contributed by atoms with Crippen LogP contribution in [0, 0.1) is 10.1 Å². The average Bonchev–Trinajstić information content (AvgIpc) is 2.34. The molecule has 0 bridgehead atoms. The number of nitro groups is 1. The van der Waals surface area contributed by atoms with Crippen molar-refractivity contribution in [2.24, 2.45) is 0 Å². The van der Waals surface area contributed by atoms with Crippen LogP contribution in [0.2, 0.25) is 0 Å². The summed E-state index contributed by atoms with van der Waals surface area (Å²) in [5.74, 6) is -1.20. The summed E-state index contributed by atoms with van der Waals surface area (Å²) >= 11 is 2.89. The number of halogens is 4. The molecule has 5 nitrogen and oxygen atoms in total. The Balaban J connectivity index is 3.67. The minimum Gasteiger partial charge on any atom is -0.465 e. The number of nitro benzene ring substituents is 1. The van der Waals surface area contributed by atoms with E-state index >= 15 is 0 Å². The van der Waals surface area contributed by atoms with E-state index in [2.05, 4.69) is 20.7 Å². The van der Waals surface area contributed by atoms with Gasteiger partial charge in [0.05, 0.1) is 23.2 Å². The van der Waals surface area contributed by atoms with Gasteiger partial charge < -0.3 is 4.74 Å². The fraction of sp³-hybridized carbons (Fsp3) is 0.300. The normalized spacial score (nSPS) is 11.2. The summed E-state index contributed by atoms with van der Waals surface area (Å²) in [7, 11) is 0.932. The maximum Gasteiger partial charge on any atom is 0.417 e. The predicted octanol–water partition coefficient (Wildman–Crippen LogP) is 3.30. The molecule has 0 saturated carbocycles. The Kier molecular flexibility index (Phi) is 4.51. The van der Waals surface area contributed by atoms with Gasteiger partial charge in [0.2, 0.25) is 0 Å². The molecule has 0 unspecified atom stereocenters. The van der Waals surface area contributed by atoms with Crippen molar-refractivity contribution in [3.05, 3.63) is 38.9 Å². The third-order valence-corrected chi connectivity index (χ3v) is 2.86. The Morgan fingerprint density at radius 1 is 1.47 bits per heavy atom. The Labute approximate surface area is 113 Å². The molecule has 0 aliphatic heterocycles. The highest BCUT2D eigenvalue weighted by Gasteiger charge is 2.38. The van der Waals surface area contributed by atoms with Crippen molar-refractivity contribution < 1.29 is 27.6 Å². The molecule has 0 fully saturated rings. The molecular weight excluding hydrogens is 335 g/mol. The van der Waals surface area contributed by atoms with Crippen LogP contribution in [-0.4, -0.2) is 18.0 Å². The van der Waals surface area contributed by atoms with Crippen molar-refractivity contribution in [1.82, 2.24) is 0 Å². The fourth-order valence-electron chi connectivity index (χ4n) is 1.46. The smallest absolute Gasteiger partial charge is 0.417 e. The number of carbonyl (C=O) groups excluding carboxylic acids is 1. The molecule has 0 spiro atoms. The predicted molar refractivity (Wildman–Crippen MR) is 62.1 cm³/mol. The minimum atomic E-state index is -4.90. The van der Waals surface area contributed by atoms with Gasteiger partial charge in [0.15, 0.2) is 0 Å². The number of non-ortho nitro benzene ring substituents is 1. The molecule has 0 N–H and O–H groups in total. The number of methoxy groups -OCH3 is 1. The average molecular weight is 342 g/mol. The molecule has 0 heterocycles. The van der Waals surface area contributed by atoms with E-state index in [1.165, 1.54) is 0 Å². The Morgan fingerprint density at radius 3 is 2.42 bits per heavy atom. The van der Waals surface area contributed by atoms with Crippen molar-refractivity contribution in [3.63, 3.8) is 0 Å². The van der Waals surface area contributed by atoms with E-state index in [1.54, 1.807) is 0 Å². The second-order valence-electron chi connectivity index (χ2n) is 3.41. The number of hydrogen-bond donors (Lipinski definition) is 0. The van der Waals surface area contributed by atoms with Crippen LogP contribution in [0.3, 0.4) is 0 Å². The first kappa shape index (κ1) is 15.4. The third kappa shape index (κ3) is 3.22. The Bertz CT molecular complexity index is 530. The van der Waals surface area contributed by atoms with Crippen molar-refractivity contribution in [2.45, 2.75) is 11.5 Å². The van der Waals surface area contributed by atoms with Crippen LogP contribution >= 0.6 is 15.9 Å². The van der Waals surface area contributed by atoms with Gasteiger partial charge in [-0.15, -0.1) is 0 Å². The van der Waals surface area contributed by atoms with Gasteiger partial charge in [-0.1, -0.05) is 15.9 Å². The topological polar surface area (TPSA) is 69.4 Å². The number of benzene rings is 1. The van der Waals surface area contributed by atoms with Crippen LogP contribution in [0.4, 0.5) is 18.9 Å². The molecule has 1 aromatic carbocycles. The lowest BCUT2D eigenvalue weighted by molar-refractivity contribution is -0.385. The number of rotatable bonds is 3. The van der Waals surface area contributed by atoms with Crippen LogP contribution < -0.4 is 0 Å². The standard InChI is InChI=1S/C10H7BrF3NO4/c1-19-9(16)8-5(4-11)2-6(15(17)18)3-7(8)10(12,13)14/h2-3H,4H2,1H3. The molecule has 9 heteroatoms. The zero-order valence-corrected chi connectivity index (χ0v) is 11.0. The van der Waals surface area contributed by atoms with E-state index < -0.39 is 33.9 Å². The third-order valence-electron chi connectivity index (χ3n) is 2.25. The summed E-state index contributed by atoms with van der Waals surface area (Å²) in [4.78, 5) is 21.1. The lowest BCUT2D eigenvalue weighted by Gasteiger charge is -2.14. The highest BCUT2D eigenvalue weighted by molar-refractivity contribution is 9.08. The Hall–Kier alpha value is -1.64. The Morgan fingerprint density at radius 2 is 2.05 bits per heavy atom. The van der Waals surface area contributed by atoms with Crippen LogP contribution in [0.5, 0.6) is 0 Å². The molecule has 0 aliphatic carbocycles. The van der Waals surface area contributed by atoms with Gasteiger partial charge in [0.1, 0.15) is 0 Å². The summed E-state index contributed by atoms with van der Waals surface area (Å²) in [6, 6.07) is 1.22. The lowest BCUT2D eigenvalue weighted by Crippen LogP contribution is -2.17. The first-order valence-corrected chi connectivity index (χ1v) is 5.87. The molecule has 104 valence electrons. The second-order valence-corrected chi connectivity index (χ2v) is 3.97. The molecule has 0 saturated heterocycles. The molecular formula is C10H7BrF3NO4. The van der Waals surface area contributed by atoms with Crippen LogP contribution in [0.1, 0.15) is 21.5 Å². The number of hydrogen-bond acceptors (Lipinski definition) is 4. The van der Waals surface area contributed by atoms with Gasteiger partial charge in [-0.25, -0.2) is 4.79 Å². The SMILES string of the molecule is COC(=O)c1c(CBr)cc([N+](=O)[O-])cc1C(F)(F)F. The summed E-state index contributed by atoms with van der Waals surface area (Å²) in [5.41, 5.74) is -3.01. The zero-order chi connectivity index (χ0) is 14.8. The summed E-state index contributed by atoms with van der Waals surface area (Å²) < 4.78 is 42.9. The number of alkyl halides is 4. The van der Waals surface area contributed by atoms with Crippen molar-refractivity contribution >= 4 is 27.6 Å². The number of nitrogens with zero attached hydrogens (tertiary/aromatic N) is 1. The van der Waals surface area contributed by atoms with Crippen molar-refractivity contribution in [2.75, 3.05) is 7.11 Å². The molecule has 0 aromatic heterocycles. The molecule has 1 aromatic rings. The first-order valence-electron chi connectivity index (χ1n) is 4.75. The largest absolute Gasteiger partial charge is 0.465 e. The van der Waals surface area contributed by atoms with Gasteiger partial charge in [-0.05, 0) is 5.56 Å². The van der Waals surface area contributed by atoms with E-state index in [1.807, 2.05) is 0 Å².